The molecule has 0 bridgehead atoms. The summed E-state index contributed by atoms with van der Waals surface area (Å²) in [5.41, 5.74) is 0. The van der Waals surface area contributed by atoms with Crippen LogP contribution in [0.4, 0.5) is 4.79 Å². The van der Waals surface area contributed by atoms with Crippen LogP contribution >= 0.6 is 0 Å². The van der Waals surface area contributed by atoms with Crippen LogP contribution in [0, 0.1) is 0 Å². The molecule has 2 amide bonds. The van der Waals surface area contributed by atoms with E-state index in [-0.39, 0.29) is 11.9 Å². The normalized spacial score (nSPS) is 19.4. The van der Waals surface area contributed by atoms with Crippen molar-refractivity contribution in [1.29, 1.82) is 0 Å². The topological polar surface area (TPSA) is 67.4 Å². The standard InChI is InChI=1S/C13H24N2O3/c1-10(12(16)15-13(17)18-2)14-11-8-6-4-3-5-7-9-11/h10-11,14H,3-9H2,1-2H3,(H,15,16,17)/t10-/m0/s1. The summed E-state index contributed by atoms with van der Waals surface area (Å²) in [6.07, 6.45) is 7.82. The number of hydrogen-bond acceptors (Lipinski definition) is 4. The molecule has 1 rings (SSSR count). The lowest BCUT2D eigenvalue weighted by Gasteiger charge is -2.24. The Morgan fingerprint density at radius 3 is 2.22 bits per heavy atom. The summed E-state index contributed by atoms with van der Waals surface area (Å²) in [5, 5.41) is 5.48. The molecule has 1 fully saturated rings. The second kappa shape index (κ2) is 8.08. The maximum Gasteiger partial charge on any atom is 0.413 e. The lowest BCUT2D eigenvalue weighted by molar-refractivity contribution is -0.122. The highest BCUT2D eigenvalue weighted by Crippen LogP contribution is 2.17. The Balaban J connectivity index is 2.34. The molecule has 5 heteroatoms. The lowest BCUT2D eigenvalue weighted by atomic mass is 9.96. The van der Waals surface area contributed by atoms with E-state index in [2.05, 4.69) is 15.4 Å². The Morgan fingerprint density at radius 2 is 1.67 bits per heavy atom. The van der Waals surface area contributed by atoms with Crippen LogP contribution in [0.2, 0.25) is 0 Å². The summed E-state index contributed by atoms with van der Waals surface area (Å²) in [7, 11) is 1.25. The number of ether oxygens (including phenoxy) is 1. The Labute approximate surface area is 109 Å². The number of rotatable bonds is 3. The van der Waals surface area contributed by atoms with Crippen molar-refractivity contribution >= 4 is 12.0 Å². The number of methoxy groups -OCH3 is 1. The summed E-state index contributed by atoms with van der Waals surface area (Å²) in [6, 6.07) is 0.0113. The maximum absolute atomic E-state index is 11.7. The van der Waals surface area contributed by atoms with E-state index in [4.69, 9.17) is 0 Å². The fourth-order valence-corrected chi connectivity index (χ4v) is 2.31. The molecule has 2 N–H and O–H groups in total. The molecule has 0 heterocycles. The Hall–Kier alpha value is -1.10. The number of alkyl carbamates (subject to hydrolysis) is 1. The predicted molar refractivity (Wildman–Crippen MR) is 69.3 cm³/mol. The highest BCUT2D eigenvalue weighted by Gasteiger charge is 2.20. The molecule has 0 aromatic carbocycles. The monoisotopic (exact) mass is 256 g/mol. The number of hydrogen-bond donors (Lipinski definition) is 2. The van der Waals surface area contributed by atoms with Gasteiger partial charge in [-0.25, -0.2) is 4.79 Å². The van der Waals surface area contributed by atoms with E-state index < -0.39 is 6.09 Å². The molecule has 1 saturated carbocycles. The zero-order valence-electron chi connectivity index (χ0n) is 11.3. The van der Waals surface area contributed by atoms with Crippen LogP contribution in [0.3, 0.4) is 0 Å². The molecule has 0 aromatic rings. The molecule has 1 aliphatic rings. The minimum absolute atomic E-state index is 0.330. The molecule has 0 spiro atoms. The zero-order valence-corrected chi connectivity index (χ0v) is 11.3. The summed E-state index contributed by atoms with van der Waals surface area (Å²) < 4.78 is 4.40. The van der Waals surface area contributed by atoms with Crippen molar-refractivity contribution in [2.75, 3.05) is 7.11 Å². The Morgan fingerprint density at radius 1 is 1.11 bits per heavy atom. The van der Waals surface area contributed by atoms with E-state index >= 15 is 0 Å². The molecule has 104 valence electrons. The van der Waals surface area contributed by atoms with Gasteiger partial charge in [0, 0.05) is 6.04 Å². The first-order valence-electron chi connectivity index (χ1n) is 6.78. The summed E-state index contributed by atoms with van der Waals surface area (Å²) >= 11 is 0. The highest BCUT2D eigenvalue weighted by molar-refractivity contribution is 5.94. The van der Waals surface area contributed by atoms with Crippen LogP contribution in [-0.2, 0) is 9.53 Å². The van der Waals surface area contributed by atoms with Crippen LogP contribution in [0.5, 0.6) is 0 Å². The van der Waals surface area contributed by atoms with Crippen LogP contribution in [-0.4, -0.2) is 31.2 Å². The van der Waals surface area contributed by atoms with Crippen molar-refractivity contribution < 1.29 is 14.3 Å². The van der Waals surface area contributed by atoms with Gasteiger partial charge >= 0.3 is 6.09 Å². The van der Waals surface area contributed by atoms with Gasteiger partial charge in [-0.1, -0.05) is 32.1 Å². The fourth-order valence-electron chi connectivity index (χ4n) is 2.31. The molecule has 0 aliphatic heterocycles. The molecular formula is C13H24N2O3. The molecule has 0 radical (unpaired) electrons. The van der Waals surface area contributed by atoms with E-state index in [1.54, 1.807) is 6.92 Å². The van der Waals surface area contributed by atoms with Crippen molar-refractivity contribution in [3.05, 3.63) is 0 Å². The third-order valence-corrected chi connectivity index (χ3v) is 3.39. The Kier molecular flexibility index (Phi) is 6.72. The quantitative estimate of drug-likeness (QED) is 0.810. The minimum atomic E-state index is -0.702. The van der Waals surface area contributed by atoms with Gasteiger partial charge in [-0.15, -0.1) is 0 Å². The minimum Gasteiger partial charge on any atom is -0.453 e. The predicted octanol–water partition coefficient (Wildman–Crippen LogP) is 1.96. The fraction of sp³-hybridized carbons (Fsp3) is 0.846. The summed E-state index contributed by atoms with van der Waals surface area (Å²) in [5.74, 6) is -0.330. The second-order valence-corrected chi connectivity index (χ2v) is 4.91. The van der Waals surface area contributed by atoms with Crippen molar-refractivity contribution in [2.45, 2.75) is 64.0 Å². The molecule has 0 aromatic heterocycles. The zero-order chi connectivity index (χ0) is 13.4. The van der Waals surface area contributed by atoms with Gasteiger partial charge in [0.15, 0.2) is 0 Å². The van der Waals surface area contributed by atoms with Gasteiger partial charge in [-0.3, -0.25) is 10.1 Å². The number of carbonyl (C=O) groups excluding carboxylic acids is 2. The molecule has 0 saturated heterocycles. The van der Waals surface area contributed by atoms with Gasteiger partial charge in [-0.2, -0.15) is 0 Å². The maximum atomic E-state index is 11.7. The third kappa shape index (κ3) is 5.49. The molecule has 5 nitrogen and oxygen atoms in total. The summed E-state index contributed by atoms with van der Waals surface area (Å²) in [6.45, 7) is 1.77. The number of amides is 2. The van der Waals surface area contributed by atoms with Crippen LogP contribution in [0.1, 0.15) is 51.9 Å². The van der Waals surface area contributed by atoms with E-state index in [9.17, 15) is 9.59 Å². The SMILES string of the molecule is COC(=O)NC(=O)[C@H](C)NC1CCCCCCC1. The second-order valence-electron chi connectivity index (χ2n) is 4.91. The largest absolute Gasteiger partial charge is 0.453 e. The van der Waals surface area contributed by atoms with Gasteiger partial charge < -0.3 is 10.1 Å². The van der Waals surface area contributed by atoms with Crippen LogP contribution in [0.15, 0.2) is 0 Å². The number of nitrogens with one attached hydrogen (secondary N) is 2. The average molecular weight is 256 g/mol. The smallest absolute Gasteiger partial charge is 0.413 e. The Bertz CT molecular complexity index is 273. The van der Waals surface area contributed by atoms with Crippen molar-refractivity contribution in [3.63, 3.8) is 0 Å². The molecule has 1 aliphatic carbocycles. The van der Waals surface area contributed by atoms with E-state index in [0.29, 0.717) is 6.04 Å². The molecule has 1 atom stereocenters. The van der Waals surface area contributed by atoms with Crippen LogP contribution < -0.4 is 10.6 Å². The van der Waals surface area contributed by atoms with E-state index in [1.165, 1.54) is 39.2 Å². The number of carbonyl (C=O) groups is 2. The first-order chi connectivity index (χ1) is 8.63. The van der Waals surface area contributed by atoms with Gasteiger partial charge in [0.25, 0.3) is 0 Å². The molecule has 0 unspecified atom stereocenters. The third-order valence-electron chi connectivity index (χ3n) is 3.39. The van der Waals surface area contributed by atoms with Gasteiger partial charge in [0.1, 0.15) is 0 Å². The van der Waals surface area contributed by atoms with Crippen molar-refractivity contribution in [2.24, 2.45) is 0 Å². The summed E-state index contributed by atoms with van der Waals surface area (Å²) in [4.78, 5) is 22.6. The van der Waals surface area contributed by atoms with E-state index in [0.717, 1.165) is 12.8 Å². The van der Waals surface area contributed by atoms with Gasteiger partial charge in [-0.05, 0) is 19.8 Å². The molecular weight excluding hydrogens is 232 g/mol. The van der Waals surface area contributed by atoms with Crippen LogP contribution in [0.25, 0.3) is 0 Å². The van der Waals surface area contributed by atoms with Gasteiger partial charge in [0.2, 0.25) is 5.91 Å². The number of imide groups is 1. The van der Waals surface area contributed by atoms with Gasteiger partial charge in [0.05, 0.1) is 13.2 Å². The van der Waals surface area contributed by atoms with E-state index in [1.807, 2.05) is 0 Å². The first kappa shape index (κ1) is 15.0. The molecule has 18 heavy (non-hydrogen) atoms. The highest BCUT2D eigenvalue weighted by atomic mass is 16.5. The first-order valence-corrected chi connectivity index (χ1v) is 6.78. The lowest BCUT2D eigenvalue weighted by Crippen LogP contribution is -2.48. The average Bonchev–Trinajstić information content (AvgIpc) is 2.31. The van der Waals surface area contributed by atoms with Crippen molar-refractivity contribution in [1.82, 2.24) is 10.6 Å². The van der Waals surface area contributed by atoms with Crippen molar-refractivity contribution in [3.8, 4) is 0 Å².